The molecule has 1 amide bonds. The third-order valence-electron chi connectivity index (χ3n) is 4.72. The molecule has 0 bridgehead atoms. The molecule has 7 nitrogen and oxygen atoms in total. The Morgan fingerprint density at radius 3 is 2.63 bits per heavy atom. The van der Waals surface area contributed by atoms with Crippen LogP contribution in [-0.2, 0) is 4.74 Å². The Balaban J connectivity index is 1.59. The van der Waals surface area contributed by atoms with Gasteiger partial charge in [0.15, 0.2) is 0 Å². The number of rotatable bonds is 1. The summed E-state index contributed by atoms with van der Waals surface area (Å²) in [4.78, 5) is 27.4. The lowest BCUT2D eigenvalue weighted by molar-refractivity contribution is 0.0189. The molecule has 142 valence electrons. The van der Waals surface area contributed by atoms with Gasteiger partial charge >= 0.3 is 6.09 Å². The predicted molar refractivity (Wildman–Crippen MR) is 104 cm³/mol. The van der Waals surface area contributed by atoms with Crippen molar-refractivity contribution in [2.75, 3.05) is 13.1 Å². The van der Waals surface area contributed by atoms with Gasteiger partial charge in [-0.25, -0.2) is 14.8 Å². The molecule has 1 aliphatic rings. The lowest BCUT2D eigenvalue weighted by Crippen LogP contribution is -2.42. The molecule has 1 aliphatic heterocycles. The molecule has 0 saturated carbocycles. The van der Waals surface area contributed by atoms with Crippen LogP contribution in [0.3, 0.4) is 0 Å². The molecule has 0 unspecified atom stereocenters. The highest BCUT2D eigenvalue weighted by Gasteiger charge is 2.28. The molecule has 3 aromatic rings. The van der Waals surface area contributed by atoms with Crippen LogP contribution in [0.1, 0.15) is 39.7 Å². The van der Waals surface area contributed by atoms with E-state index >= 15 is 0 Å². The zero-order chi connectivity index (χ0) is 19.2. The Morgan fingerprint density at radius 1 is 1.19 bits per heavy atom. The Morgan fingerprint density at radius 2 is 1.93 bits per heavy atom. The highest BCUT2D eigenvalue weighted by Crippen LogP contribution is 2.30. The molecule has 27 heavy (non-hydrogen) atoms. The fraction of sp³-hybridized carbons (Fsp3) is 0.474. The smallest absolute Gasteiger partial charge is 0.410 e. The molecular formula is C19H22ClN5O2. The van der Waals surface area contributed by atoms with Crippen LogP contribution in [0.2, 0.25) is 5.15 Å². The number of aromatic nitrogens is 4. The summed E-state index contributed by atoms with van der Waals surface area (Å²) < 4.78 is 7.63. The normalized spacial score (nSPS) is 16.2. The Bertz CT molecular complexity index is 1000. The van der Waals surface area contributed by atoms with Gasteiger partial charge in [0.2, 0.25) is 0 Å². The van der Waals surface area contributed by atoms with E-state index in [2.05, 4.69) is 19.5 Å². The zero-order valence-corrected chi connectivity index (χ0v) is 16.4. The minimum absolute atomic E-state index is 0.236. The number of amides is 1. The van der Waals surface area contributed by atoms with Gasteiger partial charge in [0.1, 0.15) is 21.8 Å². The first kappa shape index (κ1) is 18.0. The molecule has 3 aromatic heterocycles. The fourth-order valence-corrected chi connectivity index (χ4v) is 3.63. The van der Waals surface area contributed by atoms with Crippen molar-refractivity contribution in [3.63, 3.8) is 0 Å². The molecule has 1 saturated heterocycles. The van der Waals surface area contributed by atoms with Gasteiger partial charge < -0.3 is 14.2 Å². The topological polar surface area (TPSA) is 73.1 Å². The summed E-state index contributed by atoms with van der Waals surface area (Å²) in [5.41, 5.74) is 2.81. The average Bonchev–Trinajstić information content (AvgIpc) is 3.05. The number of carbonyl (C=O) groups is 1. The summed E-state index contributed by atoms with van der Waals surface area (Å²) in [5.74, 6) is 0. The van der Waals surface area contributed by atoms with E-state index in [-0.39, 0.29) is 12.1 Å². The number of ether oxygens (including phenoxy) is 1. The Kier molecular flexibility index (Phi) is 4.42. The number of piperidine rings is 1. The highest BCUT2D eigenvalue weighted by molar-refractivity contribution is 6.30. The van der Waals surface area contributed by atoms with E-state index in [1.165, 1.54) is 0 Å². The van der Waals surface area contributed by atoms with Crippen molar-refractivity contribution in [3.8, 4) is 0 Å². The van der Waals surface area contributed by atoms with Gasteiger partial charge in [0.05, 0.1) is 23.6 Å². The van der Waals surface area contributed by atoms with Crippen molar-refractivity contribution < 1.29 is 9.53 Å². The monoisotopic (exact) mass is 387 g/mol. The van der Waals surface area contributed by atoms with E-state index in [1.54, 1.807) is 17.2 Å². The van der Waals surface area contributed by atoms with Gasteiger partial charge in [0.25, 0.3) is 0 Å². The van der Waals surface area contributed by atoms with Crippen LogP contribution in [0.15, 0.2) is 24.7 Å². The lowest BCUT2D eigenvalue weighted by atomic mass is 10.0. The largest absolute Gasteiger partial charge is 0.444 e. The van der Waals surface area contributed by atoms with Crippen molar-refractivity contribution in [3.05, 3.63) is 29.8 Å². The molecule has 0 N–H and O–H groups in total. The third kappa shape index (κ3) is 3.56. The molecule has 4 rings (SSSR count). The van der Waals surface area contributed by atoms with E-state index in [0.29, 0.717) is 18.2 Å². The summed E-state index contributed by atoms with van der Waals surface area (Å²) in [6.45, 7) is 6.94. The number of halogens is 1. The molecule has 0 aromatic carbocycles. The van der Waals surface area contributed by atoms with Gasteiger partial charge in [-0.05, 0) is 45.7 Å². The van der Waals surface area contributed by atoms with E-state index < -0.39 is 5.60 Å². The van der Waals surface area contributed by atoms with Crippen LogP contribution < -0.4 is 0 Å². The molecule has 0 atom stereocenters. The van der Waals surface area contributed by atoms with E-state index in [4.69, 9.17) is 16.3 Å². The van der Waals surface area contributed by atoms with Crippen molar-refractivity contribution in [1.29, 1.82) is 0 Å². The Hall–Kier alpha value is -2.41. The number of carbonyl (C=O) groups excluding carboxylic acids is 1. The van der Waals surface area contributed by atoms with Gasteiger partial charge in [-0.15, -0.1) is 0 Å². The zero-order valence-electron chi connectivity index (χ0n) is 15.6. The number of pyridine rings is 2. The van der Waals surface area contributed by atoms with Crippen LogP contribution in [0.25, 0.3) is 22.1 Å². The quantitative estimate of drug-likeness (QED) is 0.585. The van der Waals surface area contributed by atoms with Gasteiger partial charge in [-0.2, -0.15) is 0 Å². The van der Waals surface area contributed by atoms with Crippen molar-refractivity contribution in [2.45, 2.75) is 45.3 Å². The lowest BCUT2D eigenvalue weighted by Gasteiger charge is -2.34. The van der Waals surface area contributed by atoms with Crippen molar-refractivity contribution >= 4 is 39.8 Å². The van der Waals surface area contributed by atoms with Crippen LogP contribution in [0, 0.1) is 0 Å². The van der Waals surface area contributed by atoms with E-state index in [9.17, 15) is 4.79 Å². The predicted octanol–water partition coefficient (Wildman–Crippen LogP) is 4.20. The third-order valence-corrected chi connectivity index (χ3v) is 4.93. The maximum atomic E-state index is 12.3. The van der Waals surface area contributed by atoms with E-state index in [1.807, 2.05) is 33.2 Å². The minimum Gasteiger partial charge on any atom is -0.444 e. The van der Waals surface area contributed by atoms with Gasteiger partial charge in [-0.1, -0.05) is 11.6 Å². The number of fused-ring (bicyclic) bond motifs is 3. The average molecular weight is 388 g/mol. The molecule has 8 heteroatoms. The van der Waals surface area contributed by atoms with Gasteiger partial charge in [-0.3, -0.25) is 4.98 Å². The second-order valence-corrected chi connectivity index (χ2v) is 8.23. The summed E-state index contributed by atoms with van der Waals surface area (Å²) in [7, 11) is 0. The summed E-state index contributed by atoms with van der Waals surface area (Å²) >= 11 is 6.10. The number of likely N-dealkylation sites (tertiary alicyclic amines) is 1. The maximum Gasteiger partial charge on any atom is 0.410 e. The summed E-state index contributed by atoms with van der Waals surface area (Å²) in [6.07, 6.45) is 5.01. The van der Waals surface area contributed by atoms with Crippen LogP contribution in [-0.4, -0.2) is 49.2 Å². The van der Waals surface area contributed by atoms with Crippen LogP contribution in [0.5, 0.6) is 0 Å². The molecule has 0 aliphatic carbocycles. The second kappa shape index (κ2) is 6.64. The number of hydrogen-bond acceptors (Lipinski definition) is 5. The molecule has 4 heterocycles. The summed E-state index contributed by atoms with van der Waals surface area (Å²) in [5, 5.41) is 0.435. The summed E-state index contributed by atoms with van der Waals surface area (Å²) in [6, 6.07) is 3.84. The van der Waals surface area contributed by atoms with Crippen molar-refractivity contribution in [2.24, 2.45) is 0 Å². The SMILES string of the molecule is CC(C)(C)OC(=O)N1CCC(n2cnc3cnc4ccc(Cl)nc4c32)CC1. The molecular weight excluding hydrogens is 366 g/mol. The fourth-order valence-electron chi connectivity index (χ4n) is 3.48. The van der Waals surface area contributed by atoms with Crippen molar-refractivity contribution in [1.82, 2.24) is 24.4 Å². The van der Waals surface area contributed by atoms with Crippen LogP contribution in [0.4, 0.5) is 4.79 Å². The first-order valence-corrected chi connectivity index (χ1v) is 9.45. The molecule has 1 fully saturated rings. The minimum atomic E-state index is -0.481. The first-order chi connectivity index (χ1) is 12.8. The van der Waals surface area contributed by atoms with E-state index in [0.717, 1.165) is 34.9 Å². The van der Waals surface area contributed by atoms with Gasteiger partial charge in [0, 0.05) is 19.1 Å². The Labute approximate surface area is 162 Å². The van der Waals surface area contributed by atoms with Crippen LogP contribution >= 0.6 is 11.6 Å². The second-order valence-electron chi connectivity index (χ2n) is 7.84. The maximum absolute atomic E-state index is 12.3. The highest BCUT2D eigenvalue weighted by atomic mass is 35.5. The number of imidazole rings is 1. The molecule has 0 spiro atoms. The first-order valence-electron chi connectivity index (χ1n) is 9.07. The number of nitrogens with zero attached hydrogens (tertiary/aromatic N) is 5. The molecule has 0 radical (unpaired) electrons. The standard InChI is InChI=1S/C19H22ClN5O2/c1-19(2,3)27-18(26)24-8-6-12(7-9-24)25-11-22-14-10-21-13-4-5-15(20)23-16(13)17(14)25/h4-5,10-12H,6-9H2,1-3H3. The number of hydrogen-bond donors (Lipinski definition) is 0.